The average molecular weight is 156 g/mol. The zero-order chi connectivity index (χ0) is 7.56. The summed E-state index contributed by atoms with van der Waals surface area (Å²) < 4.78 is 0. The van der Waals surface area contributed by atoms with Crippen LogP contribution in [0, 0.1) is 6.92 Å². The Hall–Kier alpha value is -0.340. The molecule has 0 amide bonds. The number of aliphatic hydroxyl groups excluding tert-OH is 1. The van der Waals surface area contributed by atoms with Gasteiger partial charge in [-0.1, -0.05) is 6.92 Å². The van der Waals surface area contributed by atoms with Gasteiger partial charge in [0.05, 0.1) is 6.61 Å². The van der Waals surface area contributed by atoms with Gasteiger partial charge in [0.1, 0.15) is 0 Å². The van der Waals surface area contributed by atoms with E-state index in [0.717, 1.165) is 12.0 Å². The lowest BCUT2D eigenvalue weighted by Gasteiger charge is -1.96. The van der Waals surface area contributed by atoms with Gasteiger partial charge in [0, 0.05) is 4.88 Å². The Bertz CT molecular complexity index is 215. The minimum Gasteiger partial charge on any atom is -0.392 e. The SMILES string of the molecule is CCc1c(CO)csc1C. The predicted octanol–water partition coefficient (Wildman–Crippen LogP) is 2.11. The van der Waals surface area contributed by atoms with E-state index in [1.165, 1.54) is 10.4 Å². The second kappa shape index (κ2) is 3.17. The Labute approximate surface area is 65.3 Å². The molecule has 0 spiro atoms. The summed E-state index contributed by atoms with van der Waals surface area (Å²) in [7, 11) is 0. The molecule has 2 heteroatoms. The summed E-state index contributed by atoms with van der Waals surface area (Å²) in [4.78, 5) is 1.34. The average Bonchev–Trinajstić information content (AvgIpc) is 2.30. The van der Waals surface area contributed by atoms with Crippen LogP contribution in [0.2, 0.25) is 0 Å². The second-order valence-corrected chi connectivity index (χ2v) is 3.39. The summed E-state index contributed by atoms with van der Waals surface area (Å²) in [5, 5.41) is 10.9. The highest BCUT2D eigenvalue weighted by molar-refractivity contribution is 7.10. The lowest BCUT2D eigenvalue weighted by atomic mass is 10.1. The predicted molar refractivity (Wildman–Crippen MR) is 44.4 cm³/mol. The van der Waals surface area contributed by atoms with Crippen molar-refractivity contribution in [1.29, 1.82) is 0 Å². The van der Waals surface area contributed by atoms with Gasteiger partial charge in [-0.3, -0.25) is 0 Å². The second-order valence-electron chi connectivity index (χ2n) is 2.31. The molecule has 0 aliphatic heterocycles. The molecule has 1 N–H and O–H groups in total. The van der Waals surface area contributed by atoms with Crippen LogP contribution in [0.15, 0.2) is 5.38 Å². The molecule has 1 heterocycles. The van der Waals surface area contributed by atoms with Crippen LogP contribution in [0.1, 0.15) is 22.9 Å². The maximum atomic E-state index is 8.87. The zero-order valence-corrected chi connectivity index (χ0v) is 7.16. The smallest absolute Gasteiger partial charge is 0.0692 e. The number of thiophene rings is 1. The summed E-state index contributed by atoms with van der Waals surface area (Å²) in [5.41, 5.74) is 2.43. The highest BCUT2D eigenvalue weighted by Gasteiger charge is 2.03. The summed E-state index contributed by atoms with van der Waals surface area (Å²) in [6.07, 6.45) is 1.03. The minimum atomic E-state index is 0.188. The molecule has 0 saturated heterocycles. The lowest BCUT2D eigenvalue weighted by Crippen LogP contribution is -1.87. The molecular formula is C8H12OS. The van der Waals surface area contributed by atoms with E-state index in [1.54, 1.807) is 11.3 Å². The number of aryl methyl sites for hydroxylation is 1. The fourth-order valence-corrected chi connectivity index (χ4v) is 2.09. The molecule has 0 bridgehead atoms. The molecule has 0 radical (unpaired) electrons. The van der Waals surface area contributed by atoms with Crippen LogP contribution < -0.4 is 0 Å². The van der Waals surface area contributed by atoms with Crippen LogP contribution in [-0.2, 0) is 13.0 Å². The highest BCUT2D eigenvalue weighted by atomic mass is 32.1. The molecule has 1 aromatic heterocycles. The maximum absolute atomic E-state index is 8.87. The summed E-state index contributed by atoms with van der Waals surface area (Å²) >= 11 is 1.72. The van der Waals surface area contributed by atoms with Gasteiger partial charge in [-0.2, -0.15) is 0 Å². The van der Waals surface area contributed by atoms with Gasteiger partial charge in [-0.25, -0.2) is 0 Å². The molecular weight excluding hydrogens is 144 g/mol. The van der Waals surface area contributed by atoms with Crippen molar-refractivity contribution in [3.05, 3.63) is 21.4 Å². The zero-order valence-electron chi connectivity index (χ0n) is 6.35. The van der Waals surface area contributed by atoms with Crippen LogP contribution >= 0.6 is 11.3 Å². The van der Waals surface area contributed by atoms with Gasteiger partial charge in [0.15, 0.2) is 0 Å². The fourth-order valence-electron chi connectivity index (χ4n) is 1.14. The number of hydrogen-bond donors (Lipinski definition) is 1. The molecule has 0 fully saturated rings. The third-order valence-electron chi connectivity index (χ3n) is 1.71. The minimum absolute atomic E-state index is 0.188. The fraction of sp³-hybridized carbons (Fsp3) is 0.500. The summed E-state index contributed by atoms with van der Waals surface area (Å²) in [5.74, 6) is 0. The Kier molecular flexibility index (Phi) is 2.46. The molecule has 0 aliphatic carbocycles. The monoisotopic (exact) mass is 156 g/mol. The van der Waals surface area contributed by atoms with Crippen molar-refractivity contribution in [3.63, 3.8) is 0 Å². The van der Waals surface area contributed by atoms with Gasteiger partial charge >= 0.3 is 0 Å². The van der Waals surface area contributed by atoms with E-state index in [9.17, 15) is 0 Å². The normalized spacial score (nSPS) is 10.3. The van der Waals surface area contributed by atoms with Crippen LogP contribution in [0.3, 0.4) is 0 Å². The van der Waals surface area contributed by atoms with Gasteiger partial charge < -0.3 is 5.11 Å². The van der Waals surface area contributed by atoms with Crippen molar-refractivity contribution in [2.75, 3.05) is 0 Å². The first-order chi connectivity index (χ1) is 4.79. The van der Waals surface area contributed by atoms with Crippen LogP contribution in [0.25, 0.3) is 0 Å². The van der Waals surface area contributed by atoms with E-state index in [4.69, 9.17) is 5.11 Å². The summed E-state index contributed by atoms with van der Waals surface area (Å²) in [6, 6.07) is 0. The standard InChI is InChI=1S/C8H12OS/c1-3-8-6(2)10-5-7(8)4-9/h5,9H,3-4H2,1-2H3. The Morgan fingerprint density at radius 1 is 1.60 bits per heavy atom. The van der Waals surface area contributed by atoms with E-state index in [0.29, 0.717) is 0 Å². The molecule has 10 heavy (non-hydrogen) atoms. The molecule has 0 unspecified atom stereocenters. The highest BCUT2D eigenvalue weighted by Crippen LogP contribution is 2.21. The Balaban J connectivity index is 3.01. The molecule has 0 aliphatic rings. The number of rotatable bonds is 2. The molecule has 56 valence electrons. The van der Waals surface area contributed by atoms with E-state index in [1.807, 2.05) is 5.38 Å². The Morgan fingerprint density at radius 3 is 2.70 bits per heavy atom. The van der Waals surface area contributed by atoms with Crippen LogP contribution in [0.4, 0.5) is 0 Å². The van der Waals surface area contributed by atoms with E-state index in [-0.39, 0.29) is 6.61 Å². The van der Waals surface area contributed by atoms with E-state index < -0.39 is 0 Å². The first-order valence-corrected chi connectivity index (χ1v) is 4.34. The molecule has 1 aromatic rings. The van der Waals surface area contributed by atoms with Crippen molar-refractivity contribution in [3.8, 4) is 0 Å². The summed E-state index contributed by atoms with van der Waals surface area (Å²) in [6.45, 7) is 4.41. The van der Waals surface area contributed by atoms with Crippen LogP contribution in [-0.4, -0.2) is 5.11 Å². The van der Waals surface area contributed by atoms with Crippen molar-refractivity contribution < 1.29 is 5.11 Å². The molecule has 0 atom stereocenters. The first-order valence-electron chi connectivity index (χ1n) is 3.46. The van der Waals surface area contributed by atoms with Crippen molar-refractivity contribution in [1.82, 2.24) is 0 Å². The van der Waals surface area contributed by atoms with Gasteiger partial charge in [0.2, 0.25) is 0 Å². The number of hydrogen-bond acceptors (Lipinski definition) is 2. The van der Waals surface area contributed by atoms with Crippen molar-refractivity contribution in [2.24, 2.45) is 0 Å². The van der Waals surface area contributed by atoms with Gasteiger partial charge in [-0.15, -0.1) is 11.3 Å². The topological polar surface area (TPSA) is 20.2 Å². The van der Waals surface area contributed by atoms with E-state index >= 15 is 0 Å². The molecule has 1 nitrogen and oxygen atoms in total. The van der Waals surface area contributed by atoms with Gasteiger partial charge in [-0.05, 0) is 29.9 Å². The van der Waals surface area contributed by atoms with Gasteiger partial charge in [0.25, 0.3) is 0 Å². The largest absolute Gasteiger partial charge is 0.392 e. The lowest BCUT2D eigenvalue weighted by molar-refractivity contribution is 0.281. The molecule has 0 saturated carbocycles. The molecule has 0 aromatic carbocycles. The van der Waals surface area contributed by atoms with E-state index in [2.05, 4.69) is 13.8 Å². The van der Waals surface area contributed by atoms with Crippen LogP contribution in [0.5, 0.6) is 0 Å². The quantitative estimate of drug-likeness (QED) is 0.695. The van der Waals surface area contributed by atoms with Crippen molar-refractivity contribution >= 4 is 11.3 Å². The maximum Gasteiger partial charge on any atom is 0.0692 e. The van der Waals surface area contributed by atoms with Crippen molar-refractivity contribution in [2.45, 2.75) is 26.9 Å². The molecule has 1 rings (SSSR count). The third kappa shape index (κ3) is 1.22. The number of aliphatic hydroxyl groups is 1. The Morgan fingerprint density at radius 2 is 2.30 bits per heavy atom. The first kappa shape index (κ1) is 7.76. The third-order valence-corrected chi connectivity index (χ3v) is 2.72.